The molecular formula is C22H19NO3. The van der Waals surface area contributed by atoms with Crippen LogP contribution in [0.1, 0.15) is 22.6 Å². The van der Waals surface area contributed by atoms with Gasteiger partial charge >= 0.3 is 0 Å². The summed E-state index contributed by atoms with van der Waals surface area (Å²) in [6, 6.07) is 23.1. The number of rotatable bonds is 4. The minimum Gasteiger partial charge on any atom is -0.497 e. The Hall–Kier alpha value is -3.27. The molecule has 0 unspecified atom stereocenters. The number of para-hydroxylation sites is 2. The van der Waals surface area contributed by atoms with Crippen LogP contribution in [-0.4, -0.2) is 13.0 Å². The van der Waals surface area contributed by atoms with Crippen LogP contribution >= 0.6 is 0 Å². The van der Waals surface area contributed by atoms with Crippen molar-refractivity contribution in [2.24, 2.45) is 0 Å². The lowest BCUT2D eigenvalue weighted by atomic mass is 9.87. The predicted molar refractivity (Wildman–Crippen MR) is 99.6 cm³/mol. The van der Waals surface area contributed by atoms with Crippen molar-refractivity contribution in [2.75, 3.05) is 7.11 Å². The summed E-state index contributed by atoms with van der Waals surface area (Å²) >= 11 is 0. The van der Waals surface area contributed by atoms with Gasteiger partial charge in [0, 0.05) is 17.7 Å². The molecule has 0 spiro atoms. The SMILES string of the molecule is COc1cccc(CNC(=O)C2c3ccccc3Oc3ccccc32)c1. The molecule has 1 aliphatic heterocycles. The first-order chi connectivity index (χ1) is 12.8. The molecule has 0 aromatic heterocycles. The maximum Gasteiger partial charge on any atom is 0.232 e. The maximum absolute atomic E-state index is 13.1. The molecule has 1 amide bonds. The van der Waals surface area contributed by atoms with E-state index in [-0.39, 0.29) is 11.8 Å². The molecular weight excluding hydrogens is 326 g/mol. The highest BCUT2D eigenvalue weighted by atomic mass is 16.5. The number of methoxy groups -OCH3 is 1. The average Bonchev–Trinajstić information content (AvgIpc) is 2.70. The van der Waals surface area contributed by atoms with Crippen molar-refractivity contribution in [3.8, 4) is 17.2 Å². The fourth-order valence-electron chi connectivity index (χ4n) is 3.27. The minimum atomic E-state index is -0.387. The Bertz CT molecular complexity index is 906. The van der Waals surface area contributed by atoms with Crippen LogP contribution in [0.4, 0.5) is 0 Å². The highest BCUT2D eigenvalue weighted by molar-refractivity contribution is 5.89. The summed E-state index contributed by atoms with van der Waals surface area (Å²) in [6.45, 7) is 0.442. The van der Waals surface area contributed by atoms with E-state index in [1.165, 1.54) is 0 Å². The Kier molecular flexibility index (Phi) is 4.32. The minimum absolute atomic E-state index is 0.0454. The van der Waals surface area contributed by atoms with Crippen molar-refractivity contribution >= 4 is 5.91 Å². The van der Waals surface area contributed by atoms with Gasteiger partial charge in [0.15, 0.2) is 0 Å². The van der Waals surface area contributed by atoms with E-state index < -0.39 is 0 Å². The number of benzene rings is 3. The molecule has 0 saturated heterocycles. The van der Waals surface area contributed by atoms with Gasteiger partial charge in [-0.15, -0.1) is 0 Å². The molecule has 3 aromatic rings. The Labute approximate surface area is 152 Å². The maximum atomic E-state index is 13.1. The van der Waals surface area contributed by atoms with Gasteiger partial charge in [0.25, 0.3) is 0 Å². The van der Waals surface area contributed by atoms with Gasteiger partial charge in [0.2, 0.25) is 5.91 Å². The summed E-state index contributed by atoms with van der Waals surface area (Å²) in [5.74, 6) is 1.80. The summed E-state index contributed by atoms with van der Waals surface area (Å²) in [4.78, 5) is 13.1. The highest BCUT2D eigenvalue weighted by Gasteiger charge is 2.32. The lowest BCUT2D eigenvalue weighted by Gasteiger charge is -2.27. The molecule has 0 fully saturated rings. The number of nitrogens with one attached hydrogen (secondary N) is 1. The molecule has 1 aliphatic rings. The quantitative estimate of drug-likeness (QED) is 0.769. The first-order valence-electron chi connectivity index (χ1n) is 8.52. The highest BCUT2D eigenvalue weighted by Crippen LogP contribution is 2.43. The number of carbonyl (C=O) groups excluding carboxylic acids is 1. The molecule has 3 aromatic carbocycles. The number of hydrogen-bond donors (Lipinski definition) is 1. The van der Waals surface area contributed by atoms with E-state index >= 15 is 0 Å². The second-order valence-electron chi connectivity index (χ2n) is 6.18. The van der Waals surface area contributed by atoms with Crippen LogP contribution in [0.15, 0.2) is 72.8 Å². The van der Waals surface area contributed by atoms with Gasteiger partial charge in [-0.2, -0.15) is 0 Å². The third kappa shape index (κ3) is 3.02. The van der Waals surface area contributed by atoms with Crippen LogP contribution in [0.5, 0.6) is 17.2 Å². The second kappa shape index (κ2) is 6.92. The van der Waals surface area contributed by atoms with Gasteiger partial charge in [0.1, 0.15) is 17.2 Å². The van der Waals surface area contributed by atoms with Gasteiger partial charge in [0.05, 0.1) is 13.0 Å². The molecule has 1 N–H and O–H groups in total. The zero-order chi connectivity index (χ0) is 17.9. The summed E-state index contributed by atoms with van der Waals surface area (Å²) in [6.07, 6.45) is 0. The fraction of sp³-hybridized carbons (Fsp3) is 0.136. The lowest BCUT2D eigenvalue weighted by Crippen LogP contribution is -2.31. The van der Waals surface area contributed by atoms with Gasteiger partial charge in [-0.3, -0.25) is 4.79 Å². The first-order valence-corrected chi connectivity index (χ1v) is 8.52. The zero-order valence-electron chi connectivity index (χ0n) is 14.4. The Balaban J connectivity index is 1.61. The molecule has 0 bridgehead atoms. The smallest absolute Gasteiger partial charge is 0.232 e. The average molecular weight is 345 g/mol. The molecule has 0 saturated carbocycles. The topological polar surface area (TPSA) is 47.6 Å². The van der Waals surface area contributed by atoms with E-state index in [0.29, 0.717) is 6.54 Å². The van der Waals surface area contributed by atoms with Crippen molar-refractivity contribution in [2.45, 2.75) is 12.5 Å². The molecule has 0 aliphatic carbocycles. The standard InChI is InChI=1S/C22H19NO3/c1-25-16-8-6-7-15(13-16)14-23-22(24)21-17-9-2-4-11-19(17)26-20-12-5-3-10-18(20)21/h2-13,21H,14H2,1H3,(H,23,24). The van der Waals surface area contributed by atoms with Crippen LogP contribution in [0, 0.1) is 0 Å². The van der Waals surface area contributed by atoms with Crippen LogP contribution in [-0.2, 0) is 11.3 Å². The Morgan fingerprint density at radius 1 is 0.962 bits per heavy atom. The first kappa shape index (κ1) is 16.2. The second-order valence-corrected chi connectivity index (χ2v) is 6.18. The third-order valence-electron chi connectivity index (χ3n) is 4.54. The third-order valence-corrected chi connectivity index (χ3v) is 4.54. The van der Waals surface area contributed by atoms with Crippen molar-refractivity contribution in [1.29, 1.82) is 0 Å². The Morgan fingerprint density at radius 2 is 1.62 bits per heavy atom. The van der Waals surface area contributed by atoms with E-state index in [1.807, 2.05) is 72.8 Å². The molecule has 4 nitrogen and oxygen atoms in total. The molecule has 0 atom stereocenters. The van der Waals surface area contributed by atoms with E-state index in [0.717, 1.165) is 33.9 Å². The van der Waals surface area contributed by atoms with E-state index in [4.69, 9.17) is 9.47 Å². The van der Waals surface area contributed by atoms with Crippen molar-refractivity contribution in [3.05, 3.63) is 89.5 Å². The molecule has 4 heteroatoms. The van der Waals surface area contributed by atoms with Gasteiger partial charge in [-0.25, -0.2) is 0 Å². The predicted octanol–water partition coefficient (Wildman–Crippen LogP) is 4.25. The fourth-order valence-corrected chi connectivity index (χ4v) is 3.27. The van der Waals surface area contributed by atoms with Crippen molar-refractivity contribution < 1.29 is 14.3 Å². The Morgan fingerprint density at radius 3 is 2.27 bits per heavy atom. The van der Waals surface area contributed by atoms with Crippen LogP contribution in [0.25, 0.3) is 0 Å². The van der Waals surface area contributed by atoms with E-state index in [9.17, 15) is 4.79 Å². The molecule has 130 valence electrons. The van der Waals surface area contributed by atoms with Crippen molar-refractivity contribution in [1.82, 2.24) is 5.32 Å². The number of fused-ring (bicyclic) bond motifs is 2. The number of ether oxygens (including phenoxy) is 2. The van der Waals surface area contributed by atoms with E-state index in [1.54, 1.807) is 7.11 Å². The largest absolute Gasteiger partial charge is 0.497 e. The van der Waals surface area contributed by atoms with Crippen LogP contribution < -0.4 is 14.8 Å². The van der Waals surface area contributed by atoms with Gasteiger partial charge in [-0.05, 0) is 29.8 Å². The molecule has 0 radical (unpaired) electrons. The van der Waals surface area contributed by atoms with Crippen LogP contribution in [0.2, 0.25) is 0 Å². The van der Waals surface area contributed by atoms with Crippen molar-refractivity contribution in [3.63, 3.8) is 0 Å². The summed E-state index contributed by atoms with van der Waals surface area (Å²) in [5.41, 5.74) is 2.76. The zero-order valence-corrected chi connectivity index (χ0v) is 14.4. The number of carbonyl (C=O) groups is 1. The monoisotopic (exact) mass is 345 g/mol. The summed E-state index contributed by atoms with van der Waals surface area (Å²) in [7, 11) is 1.63. The summed E-state index contributed by atoms with van der Waals surface area (Å²) < 4.78 is 11.2. The normalized spacial score (nSPS) is 12.5. The number of amides is 1. The van der Waals surface area contributed by atoms with Crippen LogP contribution in [0.3, 0.4) is 0 Å². The molecule has 1 heterocycles. The lowest BCUT2D eigenvalue weighted by molar-refractivity contribution is -0.122. The molecule has 4 rings (SSSR count). The molecule has 26 heavy (non-hydrogen) atoms. The van der Waals surface area contributed by atoms with Gasteiger partial charge in [-0.1, -0.05) is 48.5 Å². The summed E-state index contributed by atoms with van der Waals surface area (Å²) in [5, 5.41) is 3.05. The number of hydrogen-bond acceptors (Lipinski definition) is 3. The van der Waals surface area contributed by atoms with Gasteiger partial charge < -0.3 is 14.8 Å². The van der Waals surface area contributed by atoms with E-state index in [2.05, 4.69) is 5.32 Å².